The molecule has 58 heavy (non-hydrogen) atoms. The number of para-hydroxylation sites is 4. The van der Waals surface area contributed by atoms with Crippen molar-refractivity contribution in [2.75, 3.05) is 0 Å². The van der Waals surface area contributed by atoms with Crippen LogP contribution in [0.1, 0.15) is 79.1 Å². The minimum absolute atomic E-state index is 0.0841. The zero-order valence-corrected chi connectivity index (χ0v) is 33.0. The third-order valence-electron chi connectivity index (χ3n) is 10.7. The van der Waals surface area contributed by atoms with Crippen molar-refractivity contribution in [1.29, 1.82) is 0 Å². The Morgan fingerprint density at radius 3 is 2.02 bits per heavy atom. The third kappa shape index (κ3) is 6.32. The maximum atomic E-state index is 17.5. The number of hydrogen-bond acceptors (Lipinski definition) is 2. The van der Waals surface area contributed by atoms with Crippen molar-refractivity contribution in [1.82, 2.24) is 23.7 Å². The maximum absolute atomic E-state index is 17.5. The molecule has 0 unspecified atom stereocenters. The van der Waals surface area contributed by atoms with Gasteiger partial charge in [-0.25, -0.2) is 4.98 Å². The van der Waals surface area contributed by atoms with Crippen LogP contribution in [0.15, 0.2) is 146 Å². The van der Waals surface area contributed by atoms with Crippen LogP contribution in [0.25, 0.3) is 38.8 Å². The van der Waals surface area contributed by atoms with Gasteiger partial charge in [0.2, 0.25) is 11.4 Å². The SMILES string of the molecule is [2H]c1c([2H])c(C([2H])([2H])[2H])c([2H])c([2H])c1-c1ccccc1[N+]1=C=[N+](c2cc(C(C)(C)C)cc(C(F)(F)c3cc4c(cn3)c3ccccc3n4-c3cc(C(C)(C)C)ccn3)c2)c2ccccc21. The molecule has 9 rings (SSSR count). The van der Waals surface area contributed by atoms with Gasteiger partial charge in [-0.05, 0) is 79.9 Å². The Labute approximate surface area is 347 Å². The van der Waals surface area contributed by atoms with Crippen molar-refractivity contribution < 1.29 is 18.4 Å². The molecule has 0 saturated heterocycles. The summed E-state index contributed by atoms with van der Waals surface area (Å²) in [5.74, 6) is -2.98. The molecule has 0 N–H and O–H groups in total. The lowest BCUT2D eigenvalue weighted by atomic mass is 9.84. The van der Waals surface area contributed by atoms with Gasteiger partial charge in [0.15, 0.2) is 0 Å². The Balaban J connectivity index is 1.24. The minimum Gasteiger partial charge on any atom is -0.294 e. The predicted octanol–water partition coefficient (Wildman–Crippen LogP) is 13.1. The minimum atomic E-state index is -3.59. The van der Waals surface area contributed by atoms with Gasteiger partial charge < -0.3 is 0 Å². The van der Waals surface area contributed by atoms with Gasteiger partial charge in [-0.15, -0.1) is 0 Å². The van der Waals surface area contributed by atoms with Crippen molar-refractivity contribution in [2.24, 2.45) is 0 Å². The second kappa shape index (κ2) is 13.5. The van der Waals surface area contributed by atoms with Gasteiger partial charge in [-0.3, -0.25) is 9.55 Å². The molecule has 0 spiro atoms. The zero-order valence-electron chi connectivity index (χ0n) is 40.0. The van der Waals surface area contributed by atoms with Crippen LogP contribution >= 0.6 is 0 Å². The molecule has 1 aliphatic heterocycles. The van der Waals surface area contributed by atoms with E-state index in [2.05, 4.69) is 31.8 Å². The van der Waals surface area contributed by atoms with Gasteiger partial charge >= 0.3 is 11.9 Å². The van der Waals surface area contributed by atoms with Crippen LogP contribution in [0, 0.1) is 6.85 Å². The van der Waals surface area contributed by atoms with Gasteiger partial charge in [-0.2, -0.15) is 8.78 Å². The molecule has 0 atom stereocenters. The monoisotopic (exact) mass is 772 g/mol. The van der Waals surface area contributed by atoms with Crippen LogP contribution in [0.4, 0.5) is 31.5 Å². The highest BCUT2D eigenvalue weighted by Crippen LogP contribution is 2.44. The Kier molecular flexibility index (Phi) is 6.92. The summed E-state index contributed by atoms with van der Waals surface area (Å²) in [6.07, 6.45) is 3.26. The quantitative estimate of drug-likeness (QED) is 0.158. The lowest BCUT2D eigenvalue weighted by Gasteiger charge is -2.23. The molecule has 0 amide bonds. The number of rotatable bonds is 6. The average molecular weight is 773 g/mol. The van der Waals surface area contributed by atoms with Crippen molar-refractivity contribution in [3.8, 4) is 16.9 Å². The van der Waals surface area contributed by atoms with E-state index >= 15 is 8.78 Å². The van der Waals surface area contributed by atoms with Crippen LogP contribution in [0.3, 0.4) is 0 Å². The summed E-state index contributed by atoms with van der Waals surface area (Å²) in [5.41, 5.74) is 3.15. The normalized spacial score (nSPS) is 15.1. The molecule has 0 bridgehead atoms. The van der Waals surface area contributed by atoms with Crippen molar-refractivity contribution in [3.63, 3.8) is 0 Å². The zero-order chi connectivity index (χ0) is 46.5. The first kappa shape index (κ1) is 29.6. The van der Waals surface area contributed by atoms with Crippen molar-refractivity contribution in [3.05, 3.63) is 174 Å². The summed E-state index contributed by atoms with van der Waals surface area (Å²) in [6, 6.07) is 33.2. The van der Waals surface area contributed by atoms with Crippen molar-refractivity contribution in [2.45, 2.75) is 65.1 Å². The Morgan fingerprint density at radius 2 is 1.29 bits per heavy atom. The number of fused-ring (bicyclic) bond motifs is 4. The Morgan fingerprint density at radius 1 is 0.638 bits per heavy atom. The first-order valence-electron chi connectivity index (χ1n) is 22.6. The summed E-state index contributed by atoms with van der Waals surface area (Å²) in [4.78, 5) is 9.17. The summed E-state index contributed by atoms with van der Waals surface area (Å²) in [6.45, 7) is 9.34. The number of nitrogens with zero attached hydrogens (tertiary/aromatic N) is 5. The summed E-state index contributed by atoms with van der Waals surface area (Å²) in [5, 5.41) is 1.58. The highest BCUT2D eigenvalue weighted by Gasteiger charge is 2.42. The molecule has 0 aliphatic carbocycles. The molecule has 0 saturated carbocycles. The van der Waals surface area contributed by atoms with Gasteiger partial charge in [0.1, 0.15) is 11.5 Å². The molecule has 0 fully saturated rings. The van der Waals surface area contributed by atoms with Crippen LogP contribution in [-0.4, -0.2) is 20.5 Å². The standard InChI is InChI=1S/C51H45F2N5/c1-33-20-22-34(23-21-33)39-14-8-10-16-42(39)57-32-56(44-18-12-13-19-45(44)57)38-27-36(50(5,6)7)26-37(28-38)51(52,53)47-30-46-41(31-55-47)40-15-9-11-17-43(40)58(46)48-29-35(24-25-54-48)49(2,3)4/h8-31H,1-7H3/q+2/i1D3,20D,21D,22D,23D. The van der Waals surface area contributed by atoms with Crippen LogP contribution < -0.4 is 9.15 Å². The number of benzene rings is 5. The van der Waals surface area contributed by atoms with Crippen LogP contribution in [-0.2, 0) is 16.8 Å². The molecule has 5 nitrogen and oxygen atoms in total. The number of alkyl halides is 2. The molecule has 1 aliphatic rings. The van der Waals surface area contributed by atoms with Gasteiger partial charge in [0.25, 0.3) is 11.4 Å². The Bertz CT molecular complexity index is 3320. The maximum Gasteiger partial charge on any atom is 0.503 e. The van der Waals surface area contributed by atoms with E-state index in [-0.39, 0.29) is 16.5 Å². The molecule has 7 heteroatoms. The number of aromatic nitrogens is 3. The van der Waals surface area contributed by atoms with Gasteiger partial charge in [0.05, 0.1) is 22.1 Å². The second-order valence-electron chi connectivity index (χ2n) is 16.7. The van der Waals surface area contributed by atoms with E-state index in [1.807, 2.05) is 92.1 Å². The molecule has 5 aromatic carbocycles. The van der Waals surface area contributed by atoms with E-state index < -0.39 is 53.6 Å². The fourth-order valence-corrected chi connectivity index (χ4v) is 7.55. The van der Waals surface area contributed by atoms with E-state index in [1.165, 1.54) is 24.4 Å². The van der Waals surface area contributed by atoms with E-state index in [9.17, 15) is 0 Å². The van der Waals surface area contributed by atoms with E-state index in [0.29, 0.717) is 50.6 Å². The van der Waals surface area contributed by atoms with Gasteiger partial charge in [-0.1, -0.05) is 114 Å². The average Bonchev–Trinajstić information content (AvgIpc) is 3.81. The molecular formula is C51H45F2N5+2. The fourth-order valence-electron chi connectivity index (χ4n) is 7.55. The summed E-state index contributed by atoms with van der Waals surface area (Å²) < 4.78 is 99.1. The van der Waals surface area contributed by atoms with E-state index in [1.54, 1.807) is 39.6 Å². The number of halogens is 2. The highest BCUT2D eigenvalue weighted by molar-refractivity contribution is 6.09. The topological polar surface area (TPSA) is 36.7 Å². The van der Waals surface area contributed by atoms with E-state index in [0.717, 1.165) is 16.5 Å². The largest absolute Gasteiger partial charge is 0.503 e. The first-order chi connectivity index (χ1) is 30.6. The lowest BCUT2D eigenvalue weighted by molar-refractivity contribution is 0.0380. The Hall–Kier alpha value is -6.56. The molecule has 286 valence electrons. The van der Waals surface area contributed by atoms with Gasteiger partial charge in [0, 0.05) is 63.2 Å². The fraction of sp³-hybridized carbons (Fsp3) is 0.196. The number of pyridine rings is 2. The molecule has 4 heterocycles. The number of hydrogen-bond donors (Lipinski definition) is 0. The smallest absolute Gasteiger partial charge is 0.294 e. The first-order valence-corrected chi connectivity index (χ1v) is 19.1. The molecule has 3 aromatic heterocycles. The van der Waals surface area contributed by atoms with Crippen molar-refractivity contribution >= 4 is 50.6 Å². The third-order valence-corrected chi connectivity index (χ3v) is 10.7. The van der Waals surface area contributed by atoms with E-state index in [4.69, 9.17) is 14.6 Å². The van der Waals surface area contributed by atoms with Crippen LogP contribution in [0.2, 0.25) is 0 Å². The molecule has 8 aromatic rings. The summed E-state index contributed by atoms with van der Waals surface area (Å²) in [7, 11) is 0. The second-order valence-corrected chi connectivity index (χ2v) is 16.7. The molecule has 0 radical (unpaired) electrons. The molecular weight excluding hydrogens is 721 g/mol. The predicted molar refractivity (Wildman–Crippen MR) is 234 cm³/mol. The van der Waals surface area contributed by atoms with Crippen LogP contribution in [0.5, 0.6) is 0 Å². The summed E-state index contributed by atoms with van der Waals surface area (Å²) >= 11 is 0. The highest BCUT2D eigenvalue weighted by atomic mass is 19.3. The lowest BCUT2D eigenvalue weighted by Crippen LogP contribution is -2.20.